The number of nitrogens with zero attached hydrogens (tertiary/aromatic N) is 2. The molecule has 2 aromatic rings. The van der Waals surface area contributed by atoms with Crippen LogP contribution >= 0.6 is 11.8 Å². The van der Waals surface area contributed by atoms with Crippen LogP contribution in [0.15, 0.2) is 52.4 Å². The molecule has 144 valence electrons. The van der Waals surface area contributed by atoms with Crippen molar-refractivity contribution in [2.45, 2.75) is 23.2 Å². The van der Waals surface area contributed by atoms with E-state index in [4.69, 9.17) is 0 Å². The summed E-state index contributed by atoms with van der Waals surface area (Å²) < 4.78 is 38.8. The highest BCUT2D eigenvalue weighted by molar-refractivity contribution is 7.98. The van der Waals surface area contributed by atoms with Crippen molar-refractivity contribution in [2.24, 2.45) is 4.99 Å². The number of thioether (sulfide) groups is 1. The van der Waals surface area contributed by atoms with Crippen LogP contribution < -0.4 is 10.2 Å². The molecule has 0 saturated heterocycles. The lowest BCUT2D eigenvalue weighted by atomic mass is 10.1. The second-order valence-electron chi connectivity index (χ2n) is 6.57. The van der Waals surface area contributed by atoms with Crippen LogP contribution in [-0.2, 0) is 11.9 Å². The third-order valence-corrected chi connectivity index (χ3v) is 5.41. The molecule has 0 saturated carbocycles. The van der Waals surface area contributed by atoms with E-state index in [1.54, 1.807) is 6.07 Å². The van der Waals surface area contributed by atoms with Crippen LogP contribution in [0.25, 0.3) is 0 Å². The second-order valence-corrected chi connectivity index (χ2v) is 7.59. The van der Waals surface area contributed by atoms with Crippen molar-refractivity contribution >= 4 is 23.3 Å². The Kier molecular flexibility index (Phi) is 5.99. The van der Waals surface area contributed by atoms with Crippen LogP contribution in [0.5, 0.6) is 0 Å². The van der Waals surface area contributed by atoms with Crippen molar-refractivity contribution in [2.75, 3.05) is 32.1 Å². The van der Waals surface area contributed by atoms with E-state index >= 15 is 0 Å². The predicted molar refractivity (Wildman–Crippen MR) is 106 cm³/mol. The van der Waals surface area contributed by atoms with Crippen LogP contribution in [0.3, 0.4) is 0 Å². The van der Waals surface area contributed by atoms with Gasteiger partial charge in [-0.3, -0.25) is 4.99 Å². The zero-order valence-corrected chi connectivity index (χ0v) is 16.1. The van der Waals surface area contributed by atoms with Crippen molar-refractivity contribution in [3.05, 3.63) is 59.2 Å². The number of nitrogens with one attached hydrogen (secondary N) is 1. The first-order valence-electron chi connectivity index (χ1n) is 8.73. The number of hydrogen-bond acceptors (Lipinski definition) is 4. The first kappa shape index (κ1) is 19.6. The molecule has 0 fully saturated rings. The maximum Gasteiger partial charge on any atom is 0.416 e. The van der Waals surface area contributed by atoms with Crippen molar-refractivity contribution in [3.8, 4) is 0 Å². The lowest BCUT2D eigenvalue weighted by molar-refractivity contribution is -0.137. The predicted octanol–water partition coefficient (Wildman–Crippen LogP) is 4.80. The second kappa shape index (κ2) is 8.25. The Bertz CT molecular complexity index is 831. The molecule has 3 nitrogen and oxygen atoms in total. The summed E-state index contributed by atoms with van der Waals surface area (Å²) in [4.78, 5) is 7.58. The summed E-state index contributed by atoms with van der Waals surface area (Å²) in [5.74, 6) is 1.32. The third-order valence-electron chi connectivity index (χ3n) is 4.28. The van der Waals surface area contributed by atoms with Crippen molar-refractivity contribution in [1.82, 2.24) is 5.32 Å². The third kappa shape index (κ3) is 4.97. The van der Waals surface area contributed by atoms with Gasteiger partial charge < -0.3 is 10.2 Å². The van der Waals surface area contributed by atoms with Gasteiger partial charge in [-0.15, -0.1) is 11.8 Å². The van der Waals surface area contributed by atoms with Crippen molar-refractivity contribution < 1.29 is 13.2 Å². The zero-order chi connectivity index (χ0) is 19.4. The number of anilines is 1. The van der Waals surface area contributed by atoms with Gasteiger partial charge in [-0.2, -0.15) is 13.2 Å². The molecule has 0 bridgehead atoms. The number of rotatable bonds is 5. The standard InChI is InChI=1S/C20H22F3N3S/c1-26(2)16-7-8-17(19-24-9-4-10-25-19)18(12-16)27-13-14-5-3-6-15(11-14)20(21,22)23/h3,5-8,11-12H,4,9-10,13H2,1-2H3,(H,24,25). The number of aliphatic imine (C=N–C) groups is 1. The van der Waals surface area contributed by atoms with Gasteiger partial charge in [0.25, 0.3) is 0 Å². The molecule has 1 N–H and O–H groups in total. The van der Waals surface area contributed by atoms with Gasteiger partial charge >= 0.3 is 6.18 Å². The molecular formula is C20H22F3N3S. The highest BCUT2D eigenvalue weighted by Crippen LogP contribution is 2.33. The van der Waals surface area contributed by atoms with E-state index in [2.05, 4.69) is 16.4 Å². The molecule has 1 aliphatic rings. The van der Waals surface area contributed by atoms with Gasteiger partial charge in [-0.05, 0) is 36.2 Å². The van der Waals surface area contributed by atoms with Crippen molar-refractivity contribution in [1.29, 1.82) is 0 Å². The maximum absolute atomic E-state index is 12.9. The Hall–Kier alpha value is -2.15. The molecule has 0 spiro atoms. The molecule has 0 aromatic heterocycles. The average molecular weight is 393 g/mol. The quantitative estimate of drug-likeness (QED) is 0.740. The fourth-order valence-corrected chi connectivity index (χ4v) is 3.84. The number of benzene rings is 2. The summed E-state index contributed by atoms with van der Waals surface area (Å²) >= 11 is 1.53. The van der Waals surface area contributed by atoms with Gasteiger partial charge in [-0.25, -0.2) is 0 Å². The van der Waals surface area contributed by atoms with Gasteiger partial charge in [0.15, 0.2) is 0 Å². The number of alkyl halides is 3. The van der Waals surface area contributed by atoms with Crippen LogP contribution in [0.4, 0.5) is 18.9 Å². The summed E-state index contributed by atoms with van der Waals surface area (Å²) in [6, 6.07) is 11.6. The Morgan fingerprint density at radius 3 is 2.63 bits per heavy atom. The lowest BCUT2D eigenvalue weighted by Crippen LogP contribution is -2.30. The molecular weight excluding hydrogens is 371 g/mol. The van der Waals surface area contributed by atoms with Crippen LogP contribution in [0, 0.1) is 0 Å². The number of amidine groups is 1. The molecule has 0 unspecified atom stereocenters. The topological polar surface area (TPSA) is 27.6 Å². The van der Waals surface area contributed by atoms with Crippen LogP contribution in [0.2, 0.25) is 0 Å². The molecule has 7 heteroatoms. The normalized spacial score (nSPS) is 14.5. The smallest absolute Gasteiger partial charge is 0.378 e. The molecule has 0 aliphatic carbocycles. The molecule has 1 aliphatic heterocycles. The van der Waals surface area contributed by atoms with Gasteiger partial charge in [0.1, 0.15) is 5.84 Å². The molecule has 27 heavy (non-hydrogen) atoms. The van der Waals surface area contributed by atoms with E-state index in [1.807, 2.05) is 31.1 Å². The molecule has 0 atom stereocenters. The maximum atomic E-state index is 12.9. The van der Waals surface area contributed by atoms with E-state index in [0.717, 1.165) is 47.6 Å². The Morgan fingerprint density at radius 2 is 1.96 bits per heavy atom. The van der Waals surface area contributed by atoms with Gasteiger partial charge in [0, 0.05) is 49.1 Å². The number of halogens is 3. The van der Waals surface area contributed by atoms with Gasteiger partial charge in [0.05, 0.1) is 5.56 Å². The summed E-state index contributed by atoms with van der Waals surface area (Å²) in [5, 5.41) is 3.33. The first-order chi connectivity index (χ1) is 12.8. The molecule has 3 rings (SSSR count). The average Bonchev–Trinajstić information content (AvgIpc) is 2.66. The number of hydrogen-bond donors (Lipinski definition) is 1. The van der Waals surface area contributed by atoms with E-state index < -0.39 is 11.7 Å². The van der Waals surface area contributed by atoms with Crippen LogP contribution in [0.1, 0.15) is 23.1 Å². The Balaban J connectivity index is 1.86. The zero-order valence-electron chi connectivity index (χ0n) is 15.3. The summed E-state index contributed by atoms with van der Waals surface area (Å²) in [5.41, 5.74) is 2.08. The van der Waals surface area contributed by atoms with E-state index in [-0.39, 0.29) is 0 Å². The van der Waals surface area contributed by atoms with Crippen molar-refractivity contribution in [3.63, 3.8) is 0 Å². The Labute approximate surface area is 161 Å². The van der Waals surface area contributed by atoms with Gasteiger partial charge in [0.2, 0.25) is 0 Å². The minimum Gasteiger partial charge on any atom is -0.378 e. The molecule has 2 aromatic carbocycles. The molecule has 0 radical (unpaired) electrons. The highest BCUT2D eigenvalue weighted by Gasteiger charge is 2.30. The Morgan fingerprint density at radius 1 is 1.15 bits per heavy atom. The SMILES string of the molecule is CN(C)c1ccc(C2=NCCCN2)c(SCc2cccc(C(F)(F)F)c2)c1. The summed E-state index contributed by atoms with van der Waals surface area (Å²) in [6.07, 6.45) is -3.32. The summed E-state index contributed by atoms with van der Waals surface area (Å²) in [6.45, 7) is 1.67. The monoisotopic (exact) mass is 393 g/mol. The van der Waals surface area contributed by atoms with E-state index in [0.29, 0.717) is 11.3 Å². The fourth-order valence-electron chi connectivity index (χ4n) is 2.82. The summed E-state index contributed by atoms with van der Waals surface area (Å²) in [7, 11) is 3.93. The minimum atomic E-state index is -4.32. The highest BCUT2D eigenvalue weighted by atomic mass is 32.2. The molecule has 1 heterocycles. The van der Waals surface area contributed by atoms with Crippen LogP contribution in [-0.4, -0.2) is 33.0 Å². The molecule has 0 amide bonds. The van der Waals surface area contributed by atoms with Gasteiger partial charge in [-0.1, -0.05) is 18.2 Å². The lowest BCUT2D eigenvalue weighted by Gasteiger charge is -2.20. The minimum absolute atomic E-state index is 0.459. The fraction of sp³-hybridized carbons (Fsp3) is 0.350. The largest absolute Gasteiger partial charge is 0.416 e. The van der Waals surface area contributed by atoms with E-state index in [9.17, 15) is 13.2 Å². The van der Waals surface area contributed by atoms with E-state index in [1.165, 1.54) is 23.9 Å². The first-order valence-corrected chi connectivity index (χ1v) is 9.72.